The third-order valence-electron chi connectivity index (χ3n) is 4.32. The van der Waals surface area contributed by atoms with Crippen LogP contribution in [0.5, 0.6) is 0 Å². The van der Waals surface area contributed by atoms with E-state index < -0.39 is 0 Å². The van der Waals surface area contributed by atoms with Crippen molar-refractivity contribution in [3.8, 4) is 0 Å². The first kappa shape index (κ1) is 13.4. The van der Waals surface area contributed by atoms with Crippen molar-refractivity contribution < 1.29 is 0 Å². The minimum absolute atomic E-state index is 0.793. The quantitative estimate of drug-likeness (QED) is 0.900. The number of hydrogen-bond acceptors (Lipinski definition) is 3. The summed E-state index contributed by atoms with van der Waals surface area (Å²) in [5.74, 6) is 0.975. The normalized spacial score (nSPS) is 16.1. The lowest BCUT2D eigenvalue weighted by atomic mass is 10.2. The van der Waals surface area contributed by atoms with Crippen molar-refractivity contribution >= 4 is 16.7 Å². The molecule has 0 bridgehead atoms. The molecule has 0 unspecified atom stereocenters. The lowest BCUT2D eigenvalue weighted by molar-refractivity contribution is 0.254. The number of rotatable bonds is 5. The Labute approximate surface area is 121 Å². The molecule has 1 aromatic carbocycles. The second-order valence-corrected chi connectivity index (χ2v) is 5.73. The number of likely N-dealkylation sites (N-methyl/N-ethyl adjacent to an activating group) is 1. The minimum Gasteiger partial charge on any atom is -0.369 e. The van der Waals surface area contributed by atoms with Gasteiger partial charge in [-0.1, -0.05) is 31.0 Å². The average molecular weight is 269 g/mol. The van der Waals surface area contributed by atoms with Gasteiger partial charge in [-0.05, 0) is 38.1 Å². The van der Waals surface area contributed by atoms with Gasteiger partial charge in [0.1, 0.15) is 5.82 Å². The molecule has 1 aliphatic rings. The molecule has 1 aromatic heterocycles. The van der Waals surface area contributed by atoms with E-state index in [1.165, 1.54) is 31.1 Å². The monoisotopic (exact) mass is 269 g/mol. The topological polar surface area (TPSA) is 28.2 Å². The van der Waals surface area contributed by atoms with Gasteiger partial charge in [-0.25, -0.2) is 4.98 Å². The molecular weight excluding hydrogens is 246 g/mol. The lowest BCUT2D eigenvalue weighted by Crippen LogP contribution is -2.33. The molecule has 0 saturated heterocycles. The van der Waals surface area contributed by atoms with Gasteiger partial charge in [-0.2, -0.15) is 0 Å². The van der Waals surface area contributed by atoms with E-state index in [2.05, 4.69) is 46.5 Å². The van der Waals surface area contributed by atoms with Crippen LogP contribution in [0, 0.1) is 0 Å². The highest BCUT2D eigenvalue weighted by Gasteiger charge is 2.18. The van der Waals surface area contributed by atoms with Crippen LogP contribution in [0.1, 0.15) is 25.7 Å². The second-order valence-electron chi connectivity index (χ2n) is 5.73. The molecule has 1 heterocycles. The van der Waals surface area contributed by atoms with Gasteiger partial charge in [0.25, 0.3) is 0 Å². The summed E-state index contributed by atoms with van der Waals surface area (Å²) in [5.41, 5.74) is 1.06. The van der Waals surface area contributed by atoms with Gasteiger partial charge >= 0.3 is 0 Å². The van der Waals surface area contributed by atoms with Gasteiger partial charge in [0.2, 0.25) is 0 Å². The maximum Gasteiger partial charge on any atom is 0.126 e. The summed E-state index contributed by atoms with van der Waals surface area (Å²) in [6.45, 7) is 2.04. The summed E-state index contributed by atoms with van der Waals surface area (Å²) in [5, 5.41) is 4.63. The van der Waals surface area contributed by atoms with E-state index in [-0.39, 0.29) is 0 Å². The predicted octanol–water partition coefficient (Wildman–Crippen LogP) is 3.52. The van der Waals surface area contributed by atoms with Crippen molar-refractivity contribution in [2.24, 2.45) is 0 Å². The molecule has 20 heavy (non-hydrogen) atoms. The van der Waals surface area contributed by atoms with E-state index in [9.17, 15) is 0 Å². The van der Waals surface area contributed by atoms with Crippen LogP contribution in [0.4, 0.5) is 5.82 Å². The number of fused-ring (bicyclic) bond motifs is 1. The van der Waals surface area contributed by atoms with Crippen LogP contribution in [0.25, 0.3) is 10.9 Å². The molecule has 3 heteroatoms. The SMILES string of the molecule is CN(CCNc1ccc2ccccc2n1)C1CCCC1. The Hall–Kier alpha value is -1.61. The Morgan fingerprint density at radius 1 is 1.15 bits per heavy atom. The van der Waals surface area contributed by atoms with Gasteiger partial charge in [0.05, 0.1) is 5.52 Å². The third-order valence-corrected chi connectivity index (χ3v) is 4.32. The summed E-state index contributed by atoms with van der Waals surface area (Å²) in [6.07, 6.45) is 5.53. The van der Waals surface area contributed by atoms with Crippen molar-refractivity contribution in [3.05, 3.63) is 36.4 Å². The molecule has 106 valence electrons. The van der Waals surface area contributed by atoms with Gasteiger partial charge in [-0.3, -0.25) is 0 Å². The smallest absolute Gasteiger partial charge is 0.126 e. The van der Waals surface area contributed by atoms with Crippen molar-refractivity contribution in [2.45, 2.75) is 31.7 Å². The van der Waals surface area contributed by atoms with Crippen molar-refractivity contribution in [1.82, 2.24) is 9.88 Å². The average Bonchev–Trinajstić information content (AvgIpc) is 3.01. The number of aromatic nitrogens is 1. The van der Waals surface area contributed by atoms with Crippen LogP contribution in [-0.4, -0.2) is 36.1 Å². The van der Waals surface area contributed by atoms with Crippen LogP contribution < -0.4 is 5.32 Å². The summed E-state index contributed by atoms with van der Waals surface area (Å²) in [7, 11) is 2.24. The van der Waals surface area contributed by atoms with E-state index in [1.54, 1.807) is 0 Å². The fraction of sp³-hybridized carbons (Fsp3) is 0.471. The summed E-state index contributed by atoms with van der Waals surface area (Å²) in [6, 6.07) is 13.2. The maximum atomic E-state index is 4.64. The molecule has 3 nitrogen and oxygen atoms in total. The second kappa shape index (κ2) is 6.23. The van der Waals surface area contributed by atoms with Crippen LogP contribution >= 0.6 is 0 Å². The molecule has 0 radical (unpaired) electrons. The first-order valence-corrected chi connectivity index (χ1v) is 7.63. The van der Waals surface area contributed by atoms with E-state index in [1.807, 2.05) is 12.1 Å². The highest BCUT2D eigenvalue weighted by Crippen LogP contribution is 2.22. The Morgan fingerprint density at radius 2 is 1.95 bits per heavy atom. The highest BCUT2D eigenvalue weighted by molar-refractivity contribution is 5.79. The molecule has 0 amide bonds. The zero-order valence-corrected chi connectivity index (χ0v) is 12.2. The van der Waals surface area contributed by atoms with Crippen molar-refractivity contribution in [1.29, 1.82) is 0 Å². The molecule has 1 N–H and O–H groups in total. The molecule has 0 aliphatic heterocycles. The van der Waals surface area contributed by atoms with Gasteiger partial charge in [0.15, 0.2) is 0 Å². The van der Waals surface area contributed by atoms with Crippen molar-refractivity contribution in [3.63, 3.8) is 0 Å². The highest BCUT2D eigenvalue weighted by atomic mass is 15.1. The number of hydrogen-bond donors (Lipinski definition) is 1. The van der Waals surface area contributed by atoms with Crippen LogP contribution in [-0.2, 0) is 0 Å². The first-order chi connectivity index (χ1) is 9.83. The van der Waals surface area contributed by atoms with Gasteiger partial charge in [-0.15, -0.1) is 0 Å². The minimum atomic E-state index is 0.793. The van der Waals surface area contributed by atoms with E-state index in [4.69, 9.17) is 0 Å². The fourth-order valence-electron chi connectivity index (χ4n) is 3.05. The van der Waals surface area contributed by atoms with Gasteiger partial charge < -0.3 is 10.2 Å². The number of anilines is 1. The molecule has 2 aromatic rings. The van der Waals surface area contributed by atoms with Gasteiger partial charge in [0, 0.05) is 24.5 Å². The Kier molecular flexibility index (Phi) is 4.16. The fourth-order valence-corrected chi connectivity index (χ4v) is 3.05. The zero-order valence-electron chi connectivity index (χ0n) is 12.2. The number of benzene rings is 1. The molecule has 0 atom stereocenters. The van der Waals surface area contributed by atoms with Crippen LogP contribution in [0.15, 0.2) is 36.4 Å². The Bertz CT molecular complexity index is 561. The third kappa shape index (κ3) is 3.10. The predicted molar refractivity (Wildman–Crippen MR) is 85.1 cm³/mol. The Morgan fingerprint density at radius 3 is 2.80 bits per heavy atom. The summed E-state index contributed by atoms with van der Waals surface area (Å²) >= 11 is 0. The largest absolute Gasteiger partial charge is 0.369 e. The number of nitrogens with zero attached hydrogens (tertiary/aromatic N) is 2. The molecule has 1 saturated carbocycles. The van der Waals surface area contributed by atoms with Crippen LogP contribution in [0.3, 0.4) is 0 Å². The lowest BCUT2D eigenvalue weighted by Gasteiger charge is -2.24. The maximum absolute atomic E-state index is 4.64. The summed E-state index contributed by atoms with van der Waals surface area (Å²) in [4.78, 5) is 7.13. The standard InChI is InChI=1S/C17H23N3/c1-20(15-7-3-4-8-15)13-12-18-17-11-10-14-6-2-5-9-16(14)19-17/h2,5-6,9-11,15H,3-4,7-8,12-13H2,1H3,(H,18,19). The number of para-hydroxylation sites is 1. The number of nitrogens with one attached hydrogen (secondary N) is 1. The van der Waals surface area contributed by atoms with E-state index in [0.29, 0.717) is 0 Å². The zero-order chi connectivity index (χ0) is 13.8. The van der Waals surface area contributed by atoms with Crippen LogP contribution in [0.2, 0.25) is 0 Å². The molecular formula is C17H23N3. The first-order valence-electron chi connectivity index (χ1n) is 7.63. The molecule has 1 aliphatic carbocycles. The van der Waals surface area contributed by atoms with E-state index in [0.717, 1.165) is 30.5 Å². The number of pyridine rings is 1. The molecule has 1 fully saturated rings. The molecule has 3 rings (SSSR count). The Balaban J connectivity index is 1.54. The molecule has 0 spiro atoms. The summed E-state index contributed by atoms with van der Waals surface area (Å²) < 4.78 is 0. The van der Waals surface area contributed by atoms with E-state index >= 15 is 0 Å². The van der Waals surface area contributed by atoms with Crippen molar-refractivity contribution in [2.75, 3.05) is 25.5 Å².